The summed E-state index contributed by atoms with van der Waals surface area (Å²) in [5.74, 6) is 1.97. The summed E-state index contributed by atoms with van der Waals surface area (Å²) in [6, 6.07) is 11.0. The molecule has 0 bridgehead atoms. The van der Waals surface area contributed by atoms with E-state index < -0.39 is 0 Å². The van der Waals surface area contributed by atoms with E-state index in [9.17, 15) is 4.39 Å². The van der Waals surface area contributed by atoms with Gasteiger partial charge in [0, 0.05) is 13.6 Å². The first-order chi connectivity index (χ1) is 12.1. The van der Waals surface area contributed by atoms with Gasteiger partial charge in [-0.3, -0.25) is 4.99 Å². The van der Waals surface area contributed by atoms with Crippen molar-refractivity contribution < 1.29 is 13.9 Å². The van der Waals surface area contributed by atoms with Gasteiger partial charge in [0.25, 0.3) is 0 Å². The highest BCUT2D eigenvalue weighted by molar-refractivity contribution is 14.0. The van der Waals surface area contributed by atoms with E-state index in [1.165, 1.54) is 0 Å². The van der Waals surface area contributed by atoms with Gasteiger partial charge in [0.05, 0.1) is 6.04 Å². The molecular weight excluding hydrogens is 448 g/mol. The lowest BCUT2D eigenvalue weighted by Gasteiger charge is -2.19. The van der Waals surface area contributed by atoms with Crippen molar-refractivity contribution in [2.75, 3.05) is 13.8 Å². The molecule has 0 radical (unpaired) electrons. The van der Waals surface area contributed by atoms with Crippen LogP contribution in [0.25, 0.3) is 0 Å². The molecule has 1 aliphatic heterocycles. The van der Waals surface area contributed by atoms with Crippen molar-refractivity contribution in [3.05, 3.63) is 58.9 Å². The second kappa shape index (κ2) is 9.07. The molecule has 1 atom stereocenters. The van der Waals surface area contributed by atoms with E-state index >= 15 is 0 Å². The third kappa shape index (κ3) is 4.78. The fourth-order valence-electron chi connectivity index (χ4n) is 2.60. The molecule has 2 aromatic carbocycles. The van der Waals surface area contributed by atoms with Crippen LogP contribution in [0.4, 0.5) is 4.39 Å². The molecule has 7 heteroatoms. The minimum atomic E-state index is -0.200. The van der Waals surface area contributed by atoms with E-state index in [4.69, 9.17) is 9.47 Å². The number of guanidine groups is 1. The van der Waals surface area contributed by atoms with Crippen LogP contribution in [-0.2, 0) is 6.54 Å². The summed E-state index contributed by atoms with van der Waals surface area (Å²) in [5, 5.41) is 6.52. The van der Waals surface area contributed by atoms with Gasteiger partial charge < -0.3 is 20.1 Å². The summed E-state index contributed by atoms with van der Waals surface area (Å²) < 4.78 is 24.4. The van der Waals surface area contributed by atoms with E-state index in [0.717, 1.165) is 22.6 Å². The minimum absolute atomic E-state index is 0. The van der Waals surface area contributed by atoms with Gasteiger partial charge in [0.2, 0.25) is 6.79 Å². The van der Waals surface area contributed by atoms with Crippen LogP contribution in [0.2, 0.25) is 0 Å². The monoisotopic (exact) mass is 471 g/mol. The number of nitrogens with zero attached hydrogens (tertiary/aromatic N) is 1. The largest absolute Gasteiger partial charge is 0.454 e. The summed E-state index contributed by atoms with van der Waals surface area (Å²) in [5.41, 5.74) is 2.57. The number of aryl methyl sites for hydroxylation is 1. The standard InChI is InChI=1S/C19H22FN3O2.HI/c1-12-4-6-15(9-16(12)20)13(2)23-19(21-3)22-10-14-5-7-17-18(8-14)25-11-24-17;/h4-9,13H,10-11H2,1-3H3,(H2,21,22,23);1H. The minimum Gasteiger partial charge on any atom is -0.454 e. The topological polar surface area (TPSA) is 54.9 Å². The molecule has 3 rings (SSSR count). The van der Waals surface area contributed by atoms with Crippen LogP contribution in [-0.4, -0.2) is 19.8 Å². The molecule has 140 valence electrons. The number of ether oxygens (including phenoxy) is 2. The third-order valence-electron chi connectivity index (χ3n) is 4.17. The van der Waals surface area contributed by atoms with Gasteiger partial charge in [-0.1, -0.05) is 18.2 Å². The molecule has 0 amide bonds. The fraction of sp³-hybridized carbons (Fsp3) is 0.316. The zero-order valence-corrected chi connectivity index (χ0v) is 17.3. The number of fused-ring (bicyclic) bond motifs is 1. The molecule has 0 fully saturated rings. The van der Waals surface area contributed by atoms with Gasteiger partial charge in [0.15, 0.2) is 17.5 Å². The Kier molecular flexibility index (Phi) is 7.07. The predicted octanol–water partition coefficient (Wildman–Crippen LogP) is 3.91. The van der Waals surface area contributed by atoms with Crippen LogP contribution in [0.15, 0.2) is 41.4 Å². The number of hydrogen-bond donors (Lipinski definition) is 2. The molecule has 5 nitrogen and oxygen atoms in total. The molecule has 1 heterocycles. The summed E-state index contributed by atoms with van der Waals surface area (Å²) in [6.45, 7) is 4.58. The summed E-state index contributed by atoms with van der Waals surface area (Å²) >= 11 is 0. The van der Waals surface area contributed by atoms with Crippen molar-refractivity contribution in [2.45, 2.75) is 26.4 Å². The third-order valence-corrected chi connectivity index (χ3v) is 4.17. The van der Waals surface area contributed by atoms with Gasteiger partial charge in [0.1, 0.15) is 5.82 Å². The Balaban J connectivity index is 0.00000243. The number of aliphatic imine (C=N–C) groups is 1. The Labute approximate surface area is 170 Å². The van der Waals surface area contributed by atoms with Crippen molar-refractivity contribution in [2.24, 2.45) is 4.99 Å². The maximum absolute atomic E-state index is 13.7. The van der Waals surface area contributed by atoms with Crippen molar-refractivity contribution in [3.8, 4) is 11.5 Å². The quantitative estimate of drug-likeness (QED) is 0.404. The van der Waals surface area contributed by atoms with Gasteiger partial charge in [-0.2, -0.15) is 0 Å². The molecule has 2 N–H and O–H groups in total. The molecule has 0 aliphatic carbocycles. The van der Waals surface area contributed by atoms with Gasteiger partial charge in [-0.15, -0.1) is 24.0 Å². The highest BCUT2D eigenvalue weighted by atomic mass is 127. The van der Waals surface area contributed by atoms with Crippen LogP contribution in [0.1, 0.15) is 29.7 Å². The molecule has 0 saturated heterocycles. The van der Waals surface area contributed by atoms with Crippen molar-refractivity contribution >= 4 is 29.9 Å². The number of benzene rings is 2. The Morgan fingerprint density at radius 3 is 2.69 bits per heavy atom. The summed E-state index contributed by atoms with van der Waals surface area (Å²) in [4.78, 5) is 4.23. The predicted molar refractivity (Wildman–Crippen MR) is 111 cm³/mol. The maximum atomic E-state index is 13.7. The lowest BCUT2D eigenvalue weighted by atomic mass is 10.1. The number of rotatable bonds is 4. The average molecular weight is 471 g/mol. The van der Waals surface area contributed by atoms with Gasteiger partial charge in [-0.25, -0.2) is 4.39 Å². The highest BCUT2D eigenvalue weighted by Crippen LogP contribution is 2.32. The molecule has 0 saturated carbocycles. The lowest BCUT2D eigenvalue weighted by molar-refractivity contribution is 0.174. The van der Waals surface area contributed by atoms with E-state index in [1.807, 2.05) is 31.2 Å². The second-order valence-electron chi connectivity index (χ2n) is 5.99. The van der Waals surface area contributed by atoms with Crippen LogP contribution in [0, 0.1) is 12.7 Å². The second-order valence-corrected chi connectivity index (χ2v) is 5.99. The average Bonchev–Trinajstić information content (AvgIpc) is 3.08. The SMILES string of the molecule is CN=C(NCc1ccc2c(c1)OCO2)NC(C)c1ccc(C)c(F)c1.I. The van der Waals surface area contributed by atoms with E-state index in [-0.39, 0.29) is 42.6 Å². The molecular formula is C19H23FIN3O2. The number of halogens is 2. The van der Waals surface area contributed by atoms with E-state index in [0.29, 0.717) is 18.1 Å². The Hall–Kier alpha value is -2.03. The Morgan fingerprint density at radius 2 is 1.96 bits per heavy atom. The van der Waals surface area contributed by atoms with E-state index in [1.54, 1.807) is 26.1 Å². The fourth-order valence-corrected chi connectivity index (χ4v) is 2.60. The molecule has 26 heavy (non-hydrogen) atoms. The first-order valence-corrected chi connectivity index (χ1v) is 8.18. The van der Waals surface area contributed by atoms with Crippen LogP contribution in [0.3, 0.4) is 0 Å². The summed E-state index contributed by atoms with van der Waals surface area (Å²) in [7, 11) is 1.71. The molecule has 0 spiro atoms. The van der Waals surface area contributed by atoms with Crippen LogP contribution >= 0.6 is 24.0 Å². The molecule has 1 unspecified atom stereocenters. The number of nitrogens with one attached hydrogen (secondary N) is 2. The molecule has 0 aromatic heterocycles. The summed E-state index contributed by atoms with van der Waals surface area (Å²) in [6.07, 6.45) is 0. The first-order valence-electron chi connectivity index (χ1n) is 8.18. The Bertz CT molecular complexity index is 798. The van der Waals surface area contributed by atoms with Gasteiger partial charge in [-0.05, 0) is 48.7 Å². The highest BCUT2D eigenvalue weighted by Gasteiger charge is 2.14. The van der Waals surface area contributed by atoms with Crippen molar-refractivity contribution in [1.82, 2.24) is 10.6 Å². The zero-order valence-electron chi connectivity index (χ0n) is 15.0. The van der Waals surface area contributed by atoms with Crippen molar-refractivity contribution in [3.63, 3.8) is 0 Å². The van der Waals surface area contributed by atoms with Crippen LogP contribution in [0.5, 0.6) is 11.5 Å². The first kappa shape index (κ1) is 20.3. The van der Waals surface area contributed by atoms with Crippen LogP contribution < -0.4 is 20.1 Å². The Morgan fingerprint density at radius 1 is 1.19 bits per heavy atom. The van der Waals surface area contributed by atoms with Crippen molar-refractivity contribution in [1.29, 1.82) is 0 Å². The van der Waals surface area contributed by atoms with E-state index in [2.05, 4.69) is 15.6 Å². The normalized spacial score (nSPS) is 13.8. The maximum Gasteiger partial charge on any atom is 0.231 e. The zero-order chi connectivity index (χ0) is 17.8. The molecule has 2 aromatic rings. The smallest absolute Gasteiger partial charge is 0.231 e. The van der Waals surface area contributed by atoms with Gasteiger partial charge >= 0.3 is 0 Å². The molecule has 1 aliphatic rings. The lowest BCUT2D eigenvalue weighted by Crippen LogP contribution is -2.38. The number of hydrogen-bond acceptors (Lipinski definition) is 3.